The summed E-state index contributed by atoms with van der Waals surface area (Å²) in [6.07, 6.45) is -4.35. The Morgan fingerprint density at radius 1 is 1.58 bits per heavy atom. The first-order valence-electron chi connectivity index (χ1n) is 3.24. The molecule has 6 heteroatoms. The van der Waals surface area contributed by atoms with Crippen molar-refractivity contribution in [2.24, 2.45) is 0 Å². The van der Waals surface area contributed by atoms with Crippen LogP contribution in [0.2, 0.25) is 0 Å². The van der Waals surface area contributed by atoms with Gasteiger partial charge in [-0.3, -0.25) is 9.69 Å². The van der Waals surface area contributed by atoms with Crippen molar-refractivity contribution in [3.63, 3.8) is 0 Å². The number of carbonyl (C=O) groups is 1. The quantitative estimate of drug-likeness (QED) is 0.711. The molecule has 0 aromatic rings. The van der Waals surface area contributed by atoms with Crippen molar-refractivity contribution in [1.29, 1.82) is 0 Å². The molecule has 1 N–H and O–H groups in total. The van der Waals surface area contributed by atoms with Crippen molar-refractivity contribution in [2.75, 3.05) is 13.6 Å². The molecule has 0 aromatic carbocycles. The monoisotopic (exact) mass is 185 g/mol. The van der Waals surface area contributed by atoms with Crippen LogP contribution in [-0.4, -0.2) is 41.8 Å². The fourth-order valence-electron chi connectivity index (χ4n) is 0.608. The molecular weight excluding hydrogens is 175 g/mol. The highest BCUT2D eigenvalue weighted by atomic mass is 19.4. The zero-order chi connectivity index (χ0) is 9.94. The second-order valence-electron chi connectivity index (χ2n) is 2.54. The third-order valence-electron chi connectivity index (χ3n) is 1.45. The normalized spacial score (nSPS) is 14.8. The summed E-state index contributed by atoms with van der Waals surface area (Å²) >= 11 is 0. The summed E-state index contributed by atoms with van der Waals surface area (Å²) in [5.74, 6) is -1.26. The molecule has 1 atom stereocenters. The van der Waals surface area contributed by atoms with E-state index in [-0.39, 0.29) is 0 Å². The van der Waals surface area contributed by atoms with E-state index in [1.807, 2.05) is 0 Å². The summed E-state index contributed by atoms with van der Waals surface area (Å²) in [7, 11) is 1.12. The van der Waals surface area contributed by atoms with Gasteiger partial charge in [0.15, 0.2) is 0 Å². The van der Waals surface area contributed by atoms with Crippen LogP contribution in [0.1, 0.15) is 6.92 Å². The minimum atomic E-state index is -4.35. The highest BCUT2D eigenvalue weighted by molar-refractivity contribution is 5.72. The van der Waals surface area contributed by atoms with Crippen molar-refractivity contribution in [3.05, 3.63) is 0 Å². The van der Waals surface area contributed by atoms with Gasteiger partial charge in [0, 0.05) is 0 Å². The second-order valence-corrected chi connectivity index (χ2v) is 2.54. The van der Waals surface area contributed by atoms with E-state index in [9.17, 15) is 18.0 Å². The van der Waals surface area contributed by atoms with Gasteiger partial charge in [-0.1, -0.05) is 0 Å². The molecule has 0 heterocycles. The van der Waals surface area contributed by atoms with Gasteiger partial charge in [-0.25, -0.2) is 0 Å². The molecule has 0 aromatic heterocycles. The molecule has 72 valence electrons. The smallest absolute Gasteiger partial charge is 0.401 e. The molecule has 0 aliphatic rings. The maximum Gasteiger partial charge on any atom is 0.401 e. The van der Waals surface area contributed by atoms with Crippen LogP contribution >= 0.6 is 0 Å². The summed E-state index contributed by atoms with van der Waals surface area (Å²) in [6.45, 7) is -0.00542. The molecule has 0 spiro atoms. The Morgan fingerprint density at radius 2 is 2.00 bits per heavy atom. The molecule has 0 fully saturated rings. The molecule has 0 saturated carbocycles. The van der Waals surface area contributed by atoms with Crippen LogP contribution in [0.3, 0.4) is 0 Å². The molecule has 0 aliphatic carbocycles. The highest BCUT2D eigenvalue weighted by Crippen LogP contribution is 2.16. The largest absolute Gasteiger partial charge is 0.480 e. The molecule has 3 nitrogen and oxygen atoms in total. The van der Waals surface area contributed by atoms with Crippen LogP contribution in [0.4, 0.5) is 13.2 Å². The fourth-order valence-corrected chi connectivity index (χ4v) is 0.608. The molecule has 0 rings (SSSR count). The zero-order valence-electron chi connectivity index (χ0n) is 6.72. The van der Waals surface area contributed by atoms with Crippen LogP contribution in [-0.2, 0) is 4.79 Å². The highest BCUT2D eigenvalue weighted by Gasteiger charge is 2.32. The van der Waals surface area contributed by atoms with E-state index in [1.165, 1.54) is 6.92 Å². The number of alkyl halides is 3. The minimum absolute atomic E-state index is 0.725. The van der Waals surface area contributed by atoms with Crippen molar-refractivity contribution in [1.82, 2.24) is 4.90 Å². The number of halogens is 3. The van der Waals surface area contributed by atoms with E-state index < -0.39 is 24.7 Å². The van der Waals surface area contributed by atoms with Crippen molar-refractivity contribution >= 4 is 5.97 Å². The van der Waals surface area contributed by atoms with Crippen LogP contribution in [0.5, 0.6) is 0 Å². The van der Waals surface area contributed by atoms with Gasteiger partial charge in [-0.15, -0.1) is 0 Å². The lowest BCUT2D eigenvalue weighted by atomic mass is 10.3. The predicted octanol–water partition coefficient (Wildman–Crippen LogP) is 0.954. The summed E-state index contributed by atoms with van der Waals surface area (Å²) < 4.78 is 35.1. The third-order valence-corrected chi connectivity index (χ3v) is 1.45. The van der Waals surface area contributed by atoms with Gasteiger partial charge in [0.05, 0.1) is 6.54 Å². The van der Waals surface area contributed by atoms with Crippen LogP contribution in [0.15, 0.2) is 0 Å². The van der Waals surface area contributed by atoms with Gasteiger partial charge in [-0.2, -0.15) is 13.2 Å². The van der Waals surface area contributed by atoms with Gasteiger partial charge in [0.2, 0.25) is 0 Å². The SMILES string of the molecule is CC(C(=O)O)N(C)CC(F)(F)F. The predicted molar refractivity (Wildman–Crippen MR) is 35.8 cm³/mol. The lowest BCUT2D eigenvalue weighted by Gasteiger charge is -2.21. The van der Waals surface area contributed by atoms with E-state index in [0.717, 1.165) is 11.9 Å². The van der Waals surface area contributed by atoms with E-state index in [2.05, 4.69) is 0 Å². The van der Waals surface area contributed by atoms with Crippen LogP contribution in [0.25, 0.3) is 0 Å². The van der Waals surface area contributed by atoms with Gasteiger partial charge in [0.1, 0.15) is 6.04 Å². The van der Waals surface area contributed by atoms with Gasteiger partial charge >= 0.3 is 12.1 Å². The fraction of sp³-hybridized carbons (Fsp3) is 0.833. The molecule has 12 heavy (non-hydrogen) atoms. The number of rotatable bonds is 3. The van der Waals surface area contributed by atoms with E-state index in [1.54, 1.807) is 0 Å². The minimum Gasteiger partial charge on any atom is -0.480 e. The van der Waals surface area contributed by atoms with Gasteiger partial charge < -0.3 is 5.11 Å². The molecule has 0 radical (unpaired) electrons. The van der Waals surface area contributed by atoms with Crippen molar-refractivity contribution < 1.29 is 23.1 Å². The maximum absolute atomic E-state index is 11.7. The average molecular weight is 185 g/mol. The third kappa shape index (κ3) is 4.17. The van der Waals surface area contributed by atoms with Gasteiger partial charge in [-0.05, 0) is 14.0 Å². The summed E-state index contributed by atoms with van der Waals surface area (Å²) in [5, 5.41) is 8.34. The summed E-state index contributed by atoms with van der Waals surface area (Å²) in [6, 6.07) is -1.12. The lowest BCUT2D eigenvalue weighted by molar-refractivity contribution is -0.157. The molecule has 0 saturated heterocycles. The first kappa shape index (κ1) is 11.2. The van der Waals surface area contributed by atoms with E-state index in [0.29, 0.717) is 0 Å². The average Bonchev–Trinajstić information content (AvgIpc) is 1.82. The zero-order valence-corrected chi connectivity index (χ0v) is 6.72. The number of hydrogen-bond acceptors (Lipinski definition) is 2. The molecular formula is C6H10F3NO2. The number of hydrogen-bond donors (Lipinski definition) is 1. The van der Waals surface area contributed by atoms with Crippen molar-refractivity contribution in [3.8, 4) is 0 Å². The Morgan fingerprint density at radius 3 is 2.25 bits per heavy atom. The molecule has 0 amide bonds. The van der Waals surface area contributed by atoms with Crippen LogP contribution < -0.4 is 0 Å². The number of carboxylic acids is 1. The first-order chi connectivity index (χ1) is 5.24. The Kier molecular flexibility index (Phi) is 3.51. The standard InChI is InChI=1S/C6H10F3NO2/c1-4(5(11)12)10(2)3-6(7,8)9/h4H,3H2,1-2H3,(H,11,12). The second kappa shape index (κ2) is 3.75. The van der Waals surface area contributed by atoms with Crippen molar-refractivity contribution in [2.45, 2.75) is 19.1 Å². The number of nitrogens with zero attached hydrogens (tertiary/aromatic N) is 1. The Bertz CT molecular complexity index is 169. The lowest BCUT2D eigenvalue weighted by Crippen LogP contribution is -2.41. The number of aliphatic carboxylic acids is 1. The topological polar surface area (TPSA) is 40.5 Å². The van der Waals surface area contributed by atoms with Crippen LogP contribution in [0, 0.1) is 0 Å². The maximum atomic E-state index is 11.7. The Labute approximate surface area is 67.8 Å². The summed E-state index contributed by atoms with van der Waals surface area (Å²) in [5.41, 5.74) is 0. The first-order valence-corrected chi connectivity index (χ1v) is 3.24. The summed E-state index contributed by atoms with van der Waals surface area (Å²) in [4.78, 5) is 10.9. The number of carboxylic acid groups (broad SMARTS) is 1. The van der Waals surface area contributed by atoms with Gasteiger partial charge in [0.25, 0.3) is 0 Å². The van der Waals surface area contributed by atoms with E-state index in [4.69, 9.17) is 5.11 Å². The molecule has 1 unspecified atom stereocenters. The Hall–Kier alpha value is -0.780. The number of likely N-dealkylation sites (N-methyl/N-ethyl adjacent to an activating group) is 1. The molecule has 0 bridgehead atoms. The molecule has 0 aliphatic heterocycles. The Balaban J connectivity index is 4.04. The van der Waals surface area contributed by atoms with E-state index >= 15 is 0 Å².